The van der Waals surface area contributed by atoms with Gasteiger partial charge in [0.05, 0.1) is 10.7 Å². The summed E-state index contributed by atoms with van der Waals surface area (Å²) in [5.74, 6) is 0.608. The fourth-order valence-corrected chi connectivity index (χ4v) is 4.51. The summed E-state index contributed by atoms with van der Waals surface area (Å²) in [4.78, 5) is 1.01. The van der Waals surface area contributed by atoms with Crippen LogP contribution in [0.2, 0.25) is 5.02 Å². The van der Waals surface area contributed by atoms with E-state index >= 15 is 0 Å². The number of rotatable bonds is 6. The molecule has 0 spiro atoms. The lowest BCUT2D eigenvalue weighted by molar-refractivity contribution is 0.603. The van der Waals surface area contributed by atoms with Crippen LogP contribution in [-0.2, 0) is 16.4 Å². The Balaban J connectivity index is 1.73. The Bertz CT molecular complexity index is 972. The van der Waals surface area contributed by atoms with Crippen LogP contribution < -0.4 is 10.0 Å². The Morgan fingerprint density at radius 3 is 2.40 bits per heavy atom. The number of aromatic nitrogens is 2. The number of nitrogens with one attached hydrogen (secondary N) is 2. The highest BCUT2D eigenvalue weighted by Gasteiger charge is 2.17. The Hall–Kier alpha value is -2.16. The fourth-order valence-electron chi connectivity index (χ4n) is 2.03. The van der Waals surface area contributed by atoms with Crippen LogP contribution in [0.3, 0.4) is 0 Å². The zero-order valence-electron chi connectivity index (χ0n) is 13.2. The molecular weight excluding hydrogens is 380 g/mol. The molecule has 0 amide bonds. The van der Waals surface area contributed by atoms with Gasteiger partial charge in [0.2, 0.25) is 0 Å². The van der Waals surface area contributed by atoms with E-state index in [1.54, 1.807) is 18.2 Å². The molecule has 0 bridgehead atoms. The second kappa shape index (κ2) is 7.38. The van der Waals surface area contributed by atoms with Crippen molar-refractivity contribution in [3.8, 4) is 0 Å². The highest BCUT2D eigenvalue weighted by molar-refractivity contribution is 7.94. The Morgan fingerprint density at radius 1 is 1.04 bits per heavy atom. The van der Waals surface area contributed by atoms with Crippen molar-refractivity contribution in [3.05, 3.63) is 58.4 Å². The number of hydrogen-bond acceptors (Lipinski definition) is 6. The third-order valence-electron chi connectivity index (χ3n) is 3.29. The van der Waals surface area contributed by atoms with Gasteiger partial charge >= 0.3 is 0 Å². The Morgan fingerprint density at radius 2 is 1.76 bits per heavy atom. The first-order chi connectivity index (χ1) is 12.0. The number of nitrogens with zero attached hydrogens (tertiary/aromatic N) is 2. The molecule has 2 N–H and O–H groups in total. The monoisotopic (exact) mass is 394 g/mol. The quantitative estimate of drug-likeness (QED) is 0.651. The zero-order valence-corrected chi connectivity index (χ0v) is 15.6. The lowest BCUT2D eigenvalue weighted by Gasteiger charge is -2.08. The first kappa shape index (κ1) is 17.7. The first-order valence-corrected chi connectivity index (χ1v) is 10.1. The summed E-state index contributed by atoms with van der Waals surface area (Å²) < 4.78 is 27.4. The van der Waals surface area contributed by atoms with Gasteiger partial charge in [0.15, 0.2) is 11.6 Å². The summed E-state index contributed by atoms with van der Waals surface area (Å²) >= 11 is 7.31. The van der Waals surface area contributed by atoms with Gasteiger partial charge in [0.1, 0.15) is 4.21 Å². The van der Waals surface area contributed by atoms with Gasteiger partial charge in [-0.05, 0) is 42.8 Å². The number of sulfonamides is 1. The smallest absolute Gasteiger partial charge is 0.272 e. The number of para-hydroxylation sites is 1. The molecule has 0 aliphatic heterocycles. The van der Waals surface area contributed by atoms with Crippen molar-refractivity contribution in [1.82, 2.24) is 10.2 Å². The Kier molecular flexibility index (Phi) is 5.22. The summed E-state index contributed by atoms with van der Waals surface area (Å²) in [6, 6.07) is 13.8. The highest BCUT2D eigenvalue weighted by atomic mass is 35.5. The van der Waals surface area contributed by atoms with Crippen molar-refractivity contribution in [2.75, 3.05) is 10.0 Å². The van der Waals surface area contributed by atoms with E-state index in [-0.39, 0.29) is 10.0 Å². The molecule has 0 saturated heterocycles. The van der Waals surface area contributed by atoms with Crippen LogP contribution >= 0.6 is 22.9 Å². The van der Waals surface area contributed by atoms with Crippen LogP contribution in [0.4, 0.5) is 17.3 Å². The van der Waals surface area contributed by atoms with Gasteiger partial charge in [-0.15, -0.1) is 21.5 Å². The topological polar surface area (TPSA) is 84.0 Å². The van der Waals surface area contributed by atoms with E-state index in [0.717, 1.165) is 11.3 Å². The molecule has 0 unspecified atom stereocenters. The van der Waals surface area contributed by atoms with E-state index in [4.69, 9.17) is 11.6 Å². The van der Waals surface area contributed by atoms with E-state index in [0.29, 0.717) is 16.5 Å². The van der Waals surface area contributed by atoms with Crippen molar-refractivity contribution < 1.29 is 8.42 Å². The molecule has 0 fully saturated rings. The molecule has 0 aliphatic carbocycles. The second-order valence-electron chi connectivity index (χ2n) is 5.09. The van der Waals surface area contributed by atoms with Crippen molar-refractivity contribution >= 4 is 50.3 Å². The molecule has 0 saturated carbocycles. The largest absolute Gasteiger partial charge is 0.338 e. The van der Waals surface area contributed by atoms with Crippen LogP contribution in [0.25, 0.3) is 0 Å². The number of halogens is 1. The maximum absolute atomic E-state index is 12.3. The van der Waals surface area contributed by atoms with Gasteiger partial charge in [-0.3, -0.25) is 4.72 Å². The molecular formula is C16H15ClN4O2S2. The van der Waals surface area contributed by atoms with Crippen LogP contribution in [0, 0.1) is 0 Å². The minimum atomic E-state index is -3.66. The molecule has 1 aromatic carbocycles. The summed E-state index contributed by atoms with van der Waals surface area (Å²) in [5.41, 5.74) is 0.692. The number of aryl methyl sites for hydroxylation is 1. The van der Waals surface area contributed by atoms with Gasteiger partial charge in [0.25, 0.3) is 10.0 Å². The molecule has 25 heavy (non-hydrogen) atoms. The molecule has 3 aromatic rings. The first-order valence-electron chi connectivity index (χ1n) is 7.45. The van der Waals surface area contributed by atoms with E-state index in [9.17, 15) is 8.42 Å². The average Bonchev–Trinajstić information content (AvgIpc) is 3.09. The summed E-state index contributed by atoms with van der Waals surface area (Å²) in [5, 5.41) is 11.5. The molecule has 2 aromatic heterocycles. The third-order valence-corrected chi connectivity index (χ3v) is 6.70. The lowest BCUT2D eigenvalue weighted by Crippen LogP contribution is -2.13. The van der Waals surface area contributed by atoms with Gasteiger partial charge in [-0.2, -0.15) is 0 Å². The van der Waals surface area contributed by atoms with Crippen LogP contribution in [-0.4, -0.2) is 18.6 Å². The van der Waals surface area contributed by atoms with Crippen molar-refractivity contribution in [2.45, 2.75) is 17.6 Å². The van der Waals surface area contributed by atoms with Crippen LogP contribution in [0.15, 0.2) is 52.7 Å². The van der Waals surface area contributed by atoms with E-state index in [1.165, 1.54) is 17.4 Å². The normalized spacial score (nSPS) is 11.3. The predicted molar refractivity (Wildman–Crippen MR) is 101 cm³/mol. The van der Waals surface area contributed by atoms with E-state index in [1.807, 2.05) is 31.2 Å². The molecule has 3 rings (SSSR count). The van der Waals surface area contributed by atoms with Crippen molar-refractivity contribution in [2.24, 2.45) is 0 Å². The molecule has 0 aliphatic rings. The lowest BCUT2D eigenvalue weighted by atomic mass is 10.3. The molecule has 0 atom stereocenters. The summed E-state index contributed by atoms with van der Waals surface area (Å²) in [6.45, 7) is 1.98. The molecule has 130 valence electrons. The zero-order chi connectivity index (χ0) is 17.9. The maximum atomic E-state index is 12.3. The number of thiophene rings is 1. The Labute approximate surface area is 154 Å². The van der Waals surface area contributed by atoms with E-state index < -0.39 is 10.0 Å². The third kappa shape index (κ3) is 4.28. The highest BCUT2D eigenvalue weighted by Crippen LogP contribution is 2.25. The van der Waals surface area contributed by atoms with Crippen LogP contribution in [0.5, 0.6) is 0 Å². The second-order valence-corrected chi connectivity index (χ2v) is 8.57. The van der Waals surface area contributed by atoms with Gasteiger partial charge in [-0.25, -0.2) is 8.42 Å². The molecule has 2 heterocycles. The molecule has 9 heteroatoms. The van der Waals surface area contributed by atoms with Crippen molar-refractivity contribution in [3.63, 3.8) is 0 Å². The predicted octanol–water partition coefficient (Wildman–Crippen LogP) is 4.30. The SMILES string of the molecule is CCc1ccc(S(=O)(=O)Nc2ccc(Nc3ccccc3Cl)nn2)s1. The van der Waals surface area contributed by atoms with Gasteiger partial charge in [0, 0.05) is 4.88 Å². The standard InChI is InChI=1S/C16H15ClN4O2S2/c1-2-11-7-10-16(24-11)25(22,23)21-15-9-8-14(19-20-15)18-13-6-4-3-5-12(13)17/h3-10H,2H2,1H3,(H,18,19)(H,20,21). The van der Waals surface area contributed by atoms with Crippen molar-refractivity contribution in [1.29, 1.82) is 0 Å². The van der Waals surface area contributed by atoms with Gasteiger partial charge < -0.3 is 5.32 Å². The van der Waals surface area contributed by atoms with E-state index in [2.05, 4.69) is 20.2 Å². The van der Waals surface area contributed by atoms with Crippen LogP contribution in [0.1, 0.15) is 11.8 Å². The summed E-state index contributed by atoms with van der Waals surface area (Å²) in [7, 11) is -3.66. The number of hydrogen-bond donors (Lipinski definition) is 2. The number of benzene rings is 1. The van der Waals surface area contributed by atoms with Gasteiger partial charge in [-0.1, -0.05) is 30.7 Å². The maximum Gasteiger partial charge on any atom is 0.272 e. The minimum Gasteiger partial charge on any atom is -0.338 e. The molecule has 6 nitrogen and oxygen atoms in total. The average molecular weight is 395 g/mol. The molecule has 0 radical (unpaired) electrons. The summed E-state index contributed by atoms with van der Waals surface area (Å²) in [6.07, 6.45) is 0.794. The fraction of sp³-hybridized carbons (Fsp3) is 0.125. The number of anilines is 3. The minimum absolute atomic E-state index is 0.149.